The lowest BCUT2D eigenvalue weighted by atomic mass is 10.1. The van der Waals surface area contributed by atoms with Crippen LogP contribution in [0.25, 0.3) is 0 Å². The summed E-state index contributed by atoms with van der Waals surface area (Å²) in [7, 11) is 2.93. The molecule has 0 fully saturated rings. The number of hydrogen-bond acceptors (Lipinski definition) is 4. The van der Waals surface area contributed by atoms with E-state index in [1.165, 1.54) is 33.0 Å². The van der Waals surface area contributed by atoms with Crippen LogP contribution in [0.3, 0.4) is 0 Å². The van der Waals surface area contributed by atoms with Gasteiger partial charge in [0.25, 0.3) is 0 Å². The van der Waals surface area contributed by atoms with Crippen molar-refractivity contribution in [3.8, 4) is 11.5 Å². The molecule has 2 aliphatic rings. The van der Waals surface area contributed by atoms with Gasteiger partial charge in [0.05, 0.1) is 26.6 Å². The maximum atomic E-state index is 14.7. The van der Waals surface area contributed by atoms with E-state index in [0.717, 1.165) is 0 Å². The summed E-state index contributed by atoms with van der Waals surface area (Å²) in [6.45, 7) is 0. The largest absolute Gasteiger partial charge is 0.493 e. The maximum Gasteiger partial charge on any atom is 0.221 e. The zero-order chi connectivity index (χ0) is 18.5. The highest BCUT2D eigenvalue weighted by atomic mass is 19.1. The molecule has 2 heterocycles. The van der Waals surface area contributed by atoms with Crippen LogP contribution >= 0.6 is 0 Å². The summed E-state index contributed by atoms with van der Waals surface area (Å²) < 4.78 is 52.8. The van der Waals surface area contributed by atoms with Gasteiger partial charge in [-0.2, -0.15) is 4.48 Å². The number of rotatable bonds is 3. The molecule has 1 unspecified atom stereocenters. The molecule has 0 saturated heterocycles. The highest BCUT2D eigenvalue weighted by molar-refractivity contribution is 6.06. The van der Waals surface area contributed by atoms with Crippen LogP contribution in [0.5, 0.6) is 11.5 Å². The summed E-state index contributed by atoms with van der Waals surface area (Å²) in [4.78, 5) is 8.40. The van der Waals surface area contributed by atoms with Crippen molar-refractivity contribution in [3.63, 3.8) is 0 Å². The first-order valence-electron chi connectivity index (χ1n) is 7.61. The van der Waals surface area contributed by atoms with Gasteiger partial charge in [0.1, 0.15) is 11.5 Å². The van der Waals surface area contributed by atoms with E-state index < -0.39 is 21.9 Å². The predicted octanol–water partition coefficient (Wildman–Crippen LogP) is 4.36. The molecule has 0 amide bonds. The molecule has 0 saturated carbocycles. The Balaban J connectivity index is 2.08. The van der Waals surface area contributed by atoms with Gasteiger partial charge in [-0.25, -0.2) is 23.2 Å². The Bertz CT molecular complexity index is 994. The fourth-order valence-corrected chi connectivity index (χ4v) is 3.25. The number of quaternary nitrogens is 1. The topological polar surface area (TPSA) is 43.2 Å². The van der Waals surface area contributed by atoms with Crippen molar-refractivity contribution in [2.24, 2.45) is 9.98 Å². The van der Waals surface area contributed by atoms with Gasteiger partial charge in [0.2, 0.25) is 12.0 Å². The average molecular weight is 360 g/mol. The van der Waals surface area contributed by atoms with E-state index in [1.807, 2.05) is 0 Å². The summed E-state index contributed by atoms with van der Waals surface area (Å²) in [5.41, 5.74) is 0.867. The highest BCUT2D eigenvalue weighted by Gasteiger charge is 2.48. The molecular weight excluding hydrogens is 347 g/mol. The van der Waals surface area contributed by atoms with Gasteiger partial charge in [0, 0.05) is 24.3 Å². The third-order valence-corrected chi connectivity index (χ3v) is 4.38. The van der Waals surface area contributed by atoms with Crippen LogP contribution in [0, 0.1) is 17.5 Å². The fourth-order valence-electron chi connectivity index (χ4n) is 3.25. The third kappa shape index (κ3) is 2.08. The second-order valence-electron chi connectivity index (χ2n) is 5.71. The summed E-state index contributed by atoms with van der Waals surface area (Å²) in [6, 6.07) is 4.47. The summed E-state index contributed by atoms with van der Waals surface area (Å²) in [5, 5.41) is 0. The van der Waals surface area contributed by atoms with E-state index in [9.17, 15) is 13.2 Å². The predicted molar refractivity (Wildman–Crippen MR) is 92.0 cm³/mol. The van der Waals surface area contributed by atoms with Crippen molar-refractivity contribution >= 4 is 29.6 Å². The van der Waals surface area contributed by atoms with Crippen molar-refractivity contribution in [2.75, 3.05) is 14.2 Å². The first-order chi connectivity index (χ1) is 12.5. The summed E-state index contributed by atoms with van der Waals surface area (Å²) in [6.07, 6.45) is 4.28. The zero-order valence-corrected chi connectivity index (χ0v) is 13.8. The Kier molecular flexibility index (Phi) is 3.58. The van der Waals surface area contributed by atoms with Crippen molar-refractivity contribution < 1.29 is 22.6 Å². The summed E-state index contributed by atoms with van der Waals surface area (Å²) in [5.74, 6) is -2.27. The van der Waals surface area contributed by atoms with Gasteiger partial charge in [-0.15, -0.1) is 0 Å². The number of nitrogens with zero attached hydrogens (tertiary/aromatic N) is 3. The average Bonchev–Trinajstić information content (AvgIpc) is 3.04. The molecule has 0 radical (unpaired) electrons. The number of methoxy groups -OCH3 is 2. The number of allylic oxidation sites excluding steroid dienone is 1. The van der Waals surface area contributed by atoms with Crippen LogP contribution in [0.15, 0.2) is 46.1 Å². The lowest BCUT2D eigenvalue weighted by Gasteiger charge is -2.33. The number of ether oxygens (including phenoxy) is 2. The number of hydrogen-bond donors (Lipinski definition) is 0. The molecule has 8 heteroatoms. The monoisotopic (exact) mass is 360 g/mol. The van der Waals surface area contributed by atoms with Crippen molar-refractivity contribution in [2.45, 2.75) is 0 Å². The summed E-state index contributed by atoms with van der Waals surface area (Å²) >= 11 is 0. The minimum Gasteiger partial charge on any atom is -0.493 e. The van der Waals surface area contributed by atoms with Gasteiger partial charge in [-0.05, 0) is 0 Å². The fraction of sp³-hybridized carbons (Fsp3) is 0.111. The van der Waals surface area contributed by atoms with Crippen LogP contribution in [-0.4, -0.2) is 26.8 Å². The molecule has 0 aliphatic carbocycles. The van der Waals surface area contributed by atoms with Crippen LogP contribution in [0.2, 0.25) is 0 Å². The quantitative estimate of drug-likeness (QED) is 0.764. The number of aliphatic imine (C=N–C) groups is 2. The smallest absolute Gasteiger partial charge is 0.221 e. The first-order valence-corrected chi connectivity index (χ1v) is 7.61. The Hall–Kier alpha value is -3.13. The third-order valence-electron chi connectivity index (χ3n) is 4.38. The maximum absolute atomic E-state index is 14.7. The lowest BCUT2D eigenvalue weighted by molar-refractivity contribution is 0.354. The number of halogens is 3. The van der Waals surface area contributed by atoms with E-state index in [1.54, 1.807) is 12.1 Å². The van der Waals surface area contributed by atoms with Crippen LogP contribution in [-0.2, 0) is 0 Å². The number of benzene rings is 2. The van der Waals surface area contributed by atoms with E-state index in [0.29, 0.717) is 40.7 Å². The molecule has 132 valence electrons. The van der Waals surface area contributed by atoms with Gasteiger partial charge in [0.15, 0.2) is 34.5 Å². The molecule has 1 atom stereocenters. The second kappa shape index (κ2) is 5.70. The van der Waals surface area contributed by atoms with E-state index in [4.69, 9.17) is 9.47 Å². The molecule has 0 aromatic heterocycles. The zero-order valence-electron chi connectivity index (χ0n) is 13.8. The van der Waals surface area contributed by atoms with Crippen LogP contribution in [0.4, 0.5) is 30.2 Å². The van der Waals surface area contributed by atoms with E-state index in [-0.39, 0.29) is 5.69 Å². The first kappa shape index (κ1) is 16.3. The molecule has 2 aliphatic heterocycles. The molecule has 26 heavy (non-hydrogen) atoms. The Labute approximate surface area is 146 Å². The minimum atomic E-state index is -1.03. The van der Waals surface area contributed by atoms with Gasteiger partial charge in [-0.3, -0.25) is 0 Å². The Morgan fingerprint density at radius 1 is 0.923 bits per heavy atom. The Morgan fingerprint density at radius 2 is 1.58 bits per heavy atom. The van der Waals surface area contributed by atoms with E-state index in [2.05, 4.69) is 9.98 Å². The van der Waals surface area contributed by atoms with Crippen molar-refractivity contribution in [3.05, 3.63) is 53.6 Å². The molecule has 2 aromatic rings. The normalized spacial score (nSPS) is 19.8. The second-order valence-corrected chi connectivity index (χ2v) is 5.71. The minimum absolute atomic E-state index is 0.364. The van der Waals surface area contributed by atoms with Crippen molar-refractivity contribution in [1.82, 2.24) is 4.48 Å². The Morgan fingerprint density at radius 3 is 2.23 bits per heavy atom. The van der Waals surface area contributed by atoms with Crippen LogP contribution < -0.4 is 14.0 Å². The van der Waals surface area contributed by atoms with Crippen LogP contribution in [0.1, 0.15) is 0 Å². The molecule has 0 spiro atoms. The number of fused-ring (bicyclic) bond motifs is 3. The highest BCUT2D eigenvalue weighted by Crippen LogP contribution is 2.52. The molecule has 0 N–H and O–H groups in total. The van der Waals surface area contributed by atoms with E-state index >= 15 is 0 Å². The van der Waals surface area contributed by atoms with Crippen molar-refractivity contribution in [1.29, 1.82) is 0 Å². The molecule has 0 bridgehead atoms. The molecular formula is C18H13F3N3O2+. The molecule has 4 rings (SSSR count). The SMILES string of the molecule is COc1cc2c(cc1OC)[N+]1(c3c(F)cc(F)cc3F)C=NC=C1C=N2. The van der Waals surface area contributed by atoms with Gasteiger partial charge < -0.3 is 9.47 Å². The standard InChI is InChI=1S/C18H13F3N3O2/c1-25-16-5-14-15(6-17(16)26-2)24(9-22-7-11(24)8-23-14)18-12(20)3-10(19)4-13(18)21/h3-9H,1-2H3/q+1. The molecule has 5 nitrogen and oxygen atoms in total. The lowest BCUT2D eigenvalue weighted by Crippen LogP contribution is -2.43. The molecule has 2 aromatic carbocycles. The van der Waals surface area contributed by atoms with Gasteiger partial charge >= 0.3 is 0 Å². The van der Waals surface area contributed by atoms with Gasteiger partial charge in [-0.1, -0.05) is 0 Å².